The van der Waals surface area contributed by atoms with Gasteiger partial charge in [-0.2, -0.15) is 59.8 Å². The van der Waals surface area contributed by atoms with Gasteiger partial charge in [-0.25, -0.2) is 43.0 Å². The number of carbonyl (C=O) groups is 6. The minimum absolute atomic E-state index is 0.0291. The zero-order valence-electron chi connectivity index (χ0n) is 45.5. The van der Waals surface area contributed by atoms with Gasteiger partial charge in [0.25, 0.3) is 23.5 Å². The number of nitrogen functional groups attached to an aromatic ring is 3. The van der Waals surface area contributed by atoms with Crippen LogP contribution < -0.4 is 21.8 Å². The van der Waals surface area contributed by atoms with E-state index in [0.717, 1.165) is 106 Å². The molecule has 0 amide bonds. The first-order valence-corrected chi connectivity index (χ1v) is 24.7. The Morgan fingerprint density at radius 1 is 0.489 bits per heavy atom. The smallest absolute Gasteiger partial charge is 0.392 e. The van der Waals surface area contributed by atoms with Crippen LogP contribution in [0.3, 0.4) is 0 Å². The number of aryl methyl sites for hydroxylation is 3. The number of azo groups is 3. The highest BCUT2D eigenvalue weighted by molar-refractivity contribution is 5.97. The molecule has 0 bridgehead atoms. The van der Waals surface area contributed by atoms with Crippen molar-refractivity contribution in [2.75, 3.05) is 17.2 Å². The lowest BCUT2D eigenvalue weighted by Gasteiger charge is -2.10. The highest BCUT2D eigenvalue weighted by atomic mass is 16.4. The molecule has 0 radical (unpaired) electrons. The zero-order valence-corrected chi connectivity index (χ0v) is 45.5. The second kappa shape index (κ2) is 22.8. The van der Waals surface area contributed by atoms with Gasteiger partial charge in [-0.05, 0) is 90.8 Å². The second-order valence-electron chi connectivity index (χ2n) is 18.3. The molecule has 0 saturated heterocycles. The zero-order chi connectivity index (χ0) is 64.7. The van der Waals surface area contributed by atoms with Crippen LogP contribution in [0.15, 0.2) is 104 Å². The maximum absolute atomic E-state index is 12.0. The maximum Gasteiger partial charge on any atom is 0.392 e. The number of nitrogens with zero attached hydrogens (tertiary/aromatic N) is 25. The summed E-state index contributed by atoms with van der Waals surface area (Å²) in [6.45, 7) is 12.1. The molecule has 0 spiro atoms. The quantitative estimate of drug-likeness (QED) is 0.0305. The van der Waals surface area contributed by atoms with Gasteiger partial charge >= 0.3 is 48.0 Å². The van der Waals surface area contributed by atoms with Crippen molar-refractivity contribution in [1.82, 2.24) is 73.6 Å². The number of hydrogen-bond donors (Lipinski definition) is 9. The fourth-order valence-corrected chi connectivity index (χ4v) is 8.35. The fraction of sp³-hybridized carbons (Fsp3) is 0.0600. The number of carboxylic acid groups (broad SMARTS) is 6. The molecule has 90 heavy (non-hydrogen) atoms. The van der Waals surface area contributed by atoms with Crippen molar-refractivity contribution in [3.05, 3.63) is 141 Å². The number of hydrogen-bond acceptors (Lipinski definition) is 26. The van der Waals surface area contributed by atoms with Crippen molar-refractivity contribution in [3.8, 4) is 47.2 Å². The van der Waals surface area contributed by atoms with E-state index < -0.39 is 87.0 Å². The van der Waals surface area contributed by atoms with E-state index in [1.807, 2.05) is 6.07 Å². The number of nitrogens with two attached hydrogens (primary N) is 3. The summed E-state index contributed by atoms with van der Waals surface area (Å²) in [6, 6.07) is 11.1. The van der Waals surface area contributed by atoms with E-state index in [-0.39, 0.29) is 97.5 Å². The largest absolute Gasteiger partial charge is 0.478 e. The predicted molar refractivity (Wildman–Crippen MR) is 296 cm³/mol. The van der Waals surface area contributed by atoms with E-state index in [9.17, 15) is 69.9 Å². The van der Waals surface area contributed by atoms with Crippen LogP contribution in [0.2, 0.25) is 0 Å². The van der Waals surface area contributed by atoms with Gasteiger partial charge in [-0.1, -0.05) is 5.11 Å². The molecule has 40 heteroatoms. The molecule has 40 nitrogen and oxygen atoms in total. The lowest BCUT2D eigenvalue weighted by Crippen LogP contribution is -2.25. The summed E-state index contributed by atoms with van der Waals surface area (Å²) in [5.41, 5.74) is 16.3. The average Bonchev–Trinajstić information content (AvgIpc) is 1.62. The minimum Gasteiger partial charge on any atom is -0.478 e. The summed E-state index contributed by atoms with van der Waals surface area (Å²) in [4.78, 5) is 88.9. The van der Waals surface area contributed by atoms with Crippen LogP contribution in [0.25, 0.3) is 39.8 Å². The van der Waals surface area contributed by atoms with Crippen LogP contribution in [0.4, 0.5) is 57.8 Å². The summed E-state index contributed by atoms with van der Waals surface area (Å²) >= 11 is 0. The molecule has 10 rings (SSSR count). The molecule has 0 aliphatic heterocycles. The lowest BCUT2D eigenvalue weighted by atomic mass is 10.1. The number of anilines is 3. The number of nitriles is 2. The highest BCUT2D eigenvalue weighted by Gasteiger charge is 2.28. The summed E-state index contributed by atoms with van der Waals surface area (Å²) < 4.78 is 6.56. The second-order valence-corrected chi connectivity index (χ2v) is 18.3. The first-order chi connectivity index (χ1) is 42.9. The Morgan fingerprint density at radius 3 is 1.19 bits per heavy atom. The van der Waals surface area contributed by atoms with E-state index in [1.54, 1.807) is 6.19 Å². The first-order valence-electron chi connectivity index (χ1n) is 24.7. The highest BCUT2D eigenvalue weighted by Crippen LogP contribution is 2.38. The van der Waals surface area contributed by atoms with Crippen molar-refractivity contribution in [2.45, 2.75) is 20.8 Å². The lowest BCUT2D eigenvalue weighted by molar-refractivity contribution is -0.573. The van der Waals surface area contributed by atoms with Crippen LogP contribution in [-0.4, -0.2) is 140 Å². The number of benzene rings is 3. The Labute approximate surface area is 497 Å². The molecule has 7 aromatic heterocycles. The Hall–Kier alpha value is -14.7. The Bertz CT molecular complexity index is 4420. The predicted octanol–water partition coefficient (Wildman–Crippen LogP) is 5.13. The van der Waals surface area contributed by atoms with Crippen LogP contribution in [0.1, 0.15) is 84.8 Å². The van der Waals surface area contributed by atoms with Gasteiger partial charge in [0.15, 0.2) is 46.2 Å². The molecule has 10 aromatic rings. The van der Waals surface area contributed by atoms with Gasteiger partial charge in [0, 0.05) is 0 Å². The van der Waals surface area contributed by atoms with E-state index in [1.165, 1.54) is 20.8 Å². The van der Waals surface area contributed by atoms with E-state index >= 15 is 0 Å². The number of carboxylic acids is 6. The maximum atomic E-state index is 12.0. The molecule has 3 aromatic carbocycles. The Balaban J connectivity index is 1.10. The summed E-state index contributed by atoms with van der Waals surface area (Å²) in [5.74, 6) is -12.2. The molecule has 0 saturated carbocycles. The van der Waals surface area contributed by atoms with Crippen molar-refractivity contribution in [3.63, 3.8) is 0 Å². The van der Waals surface area contributed by atoms with Gasteiger partial charge < -0.3 is 47.8 Å². The van der Waals surface area contributed by atoms with Crippen LogP contribution >= 0.6 is 0 Å². The van der Waals surface area contributed by atoms with Crippen LogP contribution in [0.5, 0.6) is 0 Å². The topological polar surface area (TPSA) is 577 Å². The van der Waals surface area contributed by atoms with Gasteiger partial charge in [0.2, 0.25) is 6.33 Å². The normalized spacial score (nSPS) is 11.3. The molecular formula is C50H33N28O12+. The standard InChI is InChI=1S/C50H32N28O12/c1-19-33(63-66-39-28(14-51)15-57-73(39)29-8-22(41(79)80)5-23(9-29)42(81)82)36(53)76(69-19)47-60-48(77-37(54)34(20(2)70-77)64-67-40-32(56-4)16-58-74(40)30-10-24(43(83)84)6-25(11-30)44(85)86)62-49(61-47)78-38(55)35(21(3)71-78)65-68-50-72(17-52)18-59-75(50)31-12-26(45(87)88)7-27(13-31)46(89)90/h5-13,15-16,18,55H,1-3H3,(H10,53,54,57,58,66,67,69,70,79,80,81,82,83,84,85,86,87,88,89,90)/p+1. The van der Waals surface area contributed by atoms with Gasteiger partial charge in [0.05, 0.1) is 80.8 Å². The van der Waals surface area contributed by atoms with Gasteiger partial charge in [-0.3, -0.25) is 0 Å². The molecule has 0 fully saturated rings. The molecule has 444 valence electrons. The number of rotatable bonds is 18. The van der Waals surface area contributed by atoms with Crippen molar-refractivity contribution in [1.29, 1.82) is 10.5 Å². The van der Waals surface area contributed by atoms with Crippen molar-refractivity contribution in [2.24, 2.45) is 30.7 Å². The summed E-state index contributed by atoms with van der Waals surface area (Å²) in [5, 5.41) is 130. The van der Waals surface area contributed by atoms with Crippen LogP contribution in [-0.2, 0) is 0 Å². The number of aromatic carboxylic acids is 6. The molecular weight excluding hydrogens is 1180 g/mol. The van der Waals surface area contributed by atoms with Gasteiger partial charge in [0.1, 0.15) is 17.3 Å². The number of aromatic nitrogens is 16. The molecule has 0 atom stereocenters. The summed E-state index contributed by atoms with van der Waals surface area (Å²) in [6.07, 6.45) is 4.94. The van der Waals surface area contributed by atoms with E-state index in [4.69, 9.17) is 23.8 Å². The van der Waals surface area contributed by atoms with Crippen molar-refractivity contribution >= 4 is 93.6 Å². The van der Waals surface area contributed by atoms with Gasteiger partial charge in [-0.15, -0.1) is 29.7 Å². The van der Waals surface area contributed by atoms with Crippen molar-refractivity contribution < 1.29 is 64.0 Å². The van der Waals surface area contributed by atoms with E-state index in [2.05, 4.69) is 81.1 Å². The fourth-order valence-electron chi connectivity index (χ4n) is 8.35. The first kappa shape index (κ1) is 58.5. The third-order valence-corrected chi connectivity index (χ3v) is 12.6. The SMILES string of the molecule is [C-]#[N+]c1cnn(-c2cc(C(=O)O)cc(C(=O)O)c2)c1N=Nc1c(C)nn(-c2nc(-n3nc(C)c(N=Nc4c(C#N)cnn4-c4cc(C(=O)O)cc(C(=O)O)c4)c3N)nc(-n3nc(C)c(N=Nc4n(-c5cc(C(=O)O)cc(C(=O)O)c5)nc[n+]4C#N)c3N)n2)c1N. The molecule has 0 unspecified atom stereocenters. The third kappa shape index (κ3) is 10.7. The molecule has 0 aliphatic carbocycles. The van der Waals surface area contributed by atoms with Crippen LogP contribution in [0, 0.1) is 50.1 Å². The third-order valence-electron chi connectivity index (χ3n) is 12.6. The average molecular weight is 1220 g/mol. The Kier molecular flexibility index (Phi) is 14.9. The monoisotopic (exact) mass is 1220 g/mol. The molecule has 12 N–H and O–H groups in total. The summed E-state index contributed by atoms with van der Waals surface area (Å²) in [7, 11) is 0. The van der Waals surface area contributed by atoms with E-state index in [0.29, 0.717) is 0 Å². The molecule has 0 aliphatic rings. The minimum atomic E-state index is -1.48. The molecule has 7 heterocycles. The Morgan fingerprint density at radius 2 is 0.833 bits per heavy atom.